The number of hydrogen-bond donors (Lipinski definition) is 3. The van der Waals surface area contributed by atoms with Crippen LogP contribution >= 0.6 is 0 Å². The van der Waals surface area contributed by atoms with Gasteiger partial charge in [0.25, 0.3) is 0 Å². The number of aromatic nitrogens is 3. The van der Waals surface area contributed by atoms with Crippen LogP contribution in [0.25, 0.3) is 21.9 Å². The van der Waals surface area contributed by atoms with Crippen molar-refractivity contribution in [1.82, 2.24) is 19.9 Å². The number of ether oxygens (including phenoxy) is 1. The summed E-state index contributed by atoms with van der Waals surface area (Å²) in [5.74, 6) is 1.79. The molecule has 0 saturated heterocycles. The zero-order chi connectivity index (χ0) is 31.4. The molecule has 4 aromatic rings. The number of imidazole rings is 1. The molecule has 0 bridgehead atoms. The number of amides is 1. The molecule has 1 amide bonds. The number of fused-ring (bicyclic) bond motifs is 3. The van der Waals surface area contributed by atoms with Crippen LogP contribution in [0.2, 0.25) is 0 Å². The number of pyridine rings is 1. The van der Waals surface area contributed by atoms with Crippen molar-refractivity contribution >= 4 is 33.7 Å². The number of hydrogen-bond acceptors (Lipinski definition) is 6. The Morgan fingerprint density at radius 2 is 1.84 bits per heavy atom. The van der Waals surface area contributed by atoms with E-state index in [1.54, 1.807) is 6.07 Å². The van der Waals surface area contributed by atoms with Gasteiger partial charge in [0.1, 0.15) is 17.1 Å². The number of rotatable bonds is 14. The number of nitrogen functional groups attached to an aromatic ring is 1. The molecule has 0 saturated carbocycles. The van der Waals surface area contributed by atoms with E-state index in [2.05, 4.69) is 48.9 Å². The van der Waals surface area contributed by atoms with Crippen LogP contribution in [0.3, 0.4) is 0 Å². The number of nitrogens with zero attached hydrogens (tertiary/aromatic N) is 3. The van der Waals surface area contributed by atoms with Gasteiger partial charge in [0, 0.05) is 31.4 Å². The predicted molar refractivity (Wildman–Crippen MR) is 176 cm³/mol. The van der Waals surface area contributed by atoms with Crippen LogP contribution in [0.5, 0.6) is 5.75 Å². The molecule has 8 heteroatoms. The molecule has 0 fully saturated rings. The van der Waals surface area contributed by atoms with E-state index in [0.717, 1.165) is 71.0 Å². The van der Waals surface area contributed by atoms with E-state index >= 15 is 0 Å². The highest BCUT2D eigenvalue weighted by Gasteiger charge is 2.25. The van der Waals surface area contributed by atoms with Gasteiger partial charge in [-0.15, -0.1) is 0 Å². The molecule has 0 radical (unpaired) electrons. The van der Waals surface area contributed by atoms with Gasteiger partial charge < -0.3 is 25.5 Å². The number of carbonyl (C=O) groups is 1. The third kappa shape index (κ3) is 7.66. The Kier molecular flexibility index (Phi) is 10.0. The molecule has 4 N–H and O–H groups in total. The van der Waals surface area contributed by atoms with E-state index in [4.69, 9.17) is 20.4 Å². The van der Waals surface area contributed by atoms with Crippen molar-refractivity contribution in [2.75, 3.05) is 18.9 Å². The molecule has 2 aromatic heterocycles. The first-order valence-electron chi connectivity index (χ1n) is 15.6. The first kappa shape index (κ1) is 32.3. The number of nitrogens with one attached hydrogen (secondary N) is 1. The van der Waals surface area contributed by atoms with Crippen LogP contribution < -0.4 is 11.1 Å². The Morgan fingerprint density at radius 1 is 1.07 bits per heavy atom. The average molecular weight is 588 g/mol. The Labute approximate surface area is 256 Å². The summed E-state index contributed by atoms with van der Waals surface area (Å²) in [6.07, 6.45) is 5.12. The SMILES string of the molecule is CCCCc1nc2c(N)nc3ccc(C(C)(C)CCOCC(C)(C)NC(=O)CCC)cc3c2n1Cc1ccc(O)c(C)c1. The molecule has 0 aliphatic heterocycles. The Hall–Kier alpha value is -3.65. The Morgan fingerprint density at radius 3 is 2.53 bits per heavy atom. The highest BCUT2D eigenvalue weighted by atomic mass is 16.5. The molecule has 0 unspecified atom stereocenters. The van der Waals surface area contributed by atoms with Crippen molar-refractivity contribution in [3.8, 4) is 5.75 Å². The number of benzene rings is 2. The minimum atomic E-state index is -0.416. The smallest absolute Gasteiger partial charge is 0.220 e. The maximum Gasteiger partial charge on any atom is 0.220 e. The minimum absolute atomic E-state index is 0.0609. The number of carbonyl (C=O) groups excluding carboxylic acids is 1. The molecular formula is C35H49N5O3. The Bertz CT molecular complexity index is 1590. The van der Waals surface area contributed by atoms with E-state index in [0.29, 0.717) is 37.7 Å². The van der Waals surface area contributed by atoms with Crippen molar-refractivity contribution in [2.24, 2.45) is 0 Å². The van der Waals surface area contributed by atoms with Crippen LogP contribution in [0.4, 0.5) is 5.82 Å². The van der Waals surface area contributed by atoms with Gasteiger partial charge in [-0.1, -0.05) is 52.3 Å². The molecule has 0 atom stereocenters. The monoisotopic (exact) mass is 587 g/mol. The molecule has 0 aliphatic carbocycles. The molecular weight excluding hydrogens is 538 g/mol. The standard InChI is InChI=1S/C35H49N5O3/c1-8-10-12-29-38-31-32(40(29)21-24-13-16-28(41)23(3)19-24)26-20-25(14-15-27(26)37-33(31)36)34(4,5)17-18-43-22-35(6,7)39-30(42)11-9-2/h13-16,19-20,41H,8-12,17-18,21-22H2,1-7H3,(H2,36,37)(H,39,42). The van der Waals surface area contributed by atoms with Crippen LogP contribution in [-0.4, -0.2) is 44.3 Å². The number of aryl methyl sites for hydroxylation is 2. The summed E-state index contributed by atoms with van der Waals surface area (Å²) < 4.78 is 8.36. The first-order chi connectivity index (χ1) is 20.3. The van der Waals surface area contributed by atoms with Crippen LogP contribution in [0, 0.1) is 6.92 Å². The normalized spacial score (nSPS) is 12.3. The fourth-order valence-corrected chi connectivity index (χ4v) is 5.57. The van der Waals surface area contributed by atoms with E-state index < -0.39 is 5.54 Å². The Balaban J connectivity index is 1.66. The second kappa shape index (κ2) is 13.3. The first-order valence-corrected chi connectivity index (χ1v) is 15.6. The number of phenols is 1. The third-order valence-corrected chi connectivity index (χ3v) is 8.21. The summed E-state index contributed by atoms with van der Waals surface area (Å²) in [6, 6.07) is 12.2. The maximum absolute atomic E-state index is 12.1. The van der Waals surface area contributed by atoms with Crippen LogP contribution in [-0.2, 0) is 27.9 Å². The number of aromatic hydroxyl groups is 1. The number of phenolic OH excluding ortho intramolecular Hbond substituents is 1. The van der Waals surface area contributed by atoms with Crippen LogP contribution in [0.15, 0.2) is 36.4 Å². The fourth-order valence-electron chi connectivity index (χ4n) is 5.57. The van der Waals surface area contributed by atoms with Crippen molar-refractivity contribution < 1.29 is 14.6 Å². The van der Waals surface area contributed by atoms with Gasteiger partial charge in [-0.2, -0.15) is 0 Å². The quantitative estimate of drug-likeness (QED) is 0.138. The summed E-state index contributed by atoms with van der Waals surface area (Å²) in [4.78, 5) is 21.8. The van der Waals surface area contributed by atoms with Gasteiger partial charge in [-0.3, -0.25) is 4.79 Å². The molecule has 2 aromatic carbocycles. The summed E-state index contributed by atoms with van der Waals surface area (Å²) in [5.41, 5.74) is 11.6. The van der Waals surface area contributed by atoms with Gasteiger partial charge in [-0.05, 0) is 80.3 Å². The largest absolute Gasteiger partial charge is 0.508 e. The lowest BCUT2D eigenvalue weighted by molar-refractivity contribution is -0.123. The van der Waals surface area contributed by atoms with E-state index in [-0.39, 0.29) is 11.3 Å². The van der Waals surface area contributed by atoms with Gasteiger partial charge >= 0.3 is 0 Å². The molecule has 8 nitrogen and oxygen atoms in total. The fraction of sp³-hybridized carbons (Fsp3) is 0.514. The molecule has 232 valence electrons. The van der Waals surface area contributed by atoms with Gasteiger partial charge in [-0.25, -0.2) is 9.97 Å². The third-order valence-electron chi connectivity index (χ3n) is 8.21. The van der Waals surface area contributed by atoms with E-state index in [9.17, 15) is 9.90 Å². The predicted octanol–water partition coefficient (Wildman–Crippen LogP) is 6.95. The summed E-state index contributed by atoms with van der Waals surface area (Å²) in [7, 11) is 0. The molecule has 0 spiro atoms. The number of anilines is 1. The second-order valence-electron chi connectivity index (χ2n) is 13.1. The lowest BCUT2D eigenvalue weighted by Gasteiger charge is -2.29. The zero-order valence-electron chi connectivity index (χ0n) is 27.0. The van der Waals surface area contributed by atoms with E-state index in [1.165, 1.54) is 5.56 Å². The summed E-state index contributed by atoms with van der Waals surface area (Å²) in [6.45, 7) is 16.2. The van der Waals surface area contributed by atoms with Gasteiger partial charge in [0.15, 0.2) is 5.82 Å². The number of unbranched alkanes of at least 4 members (excludes halogenated alkanes) is 1. The lowest BCUT2D eigenvalue weighted by atomic mass is 9.81. The van der Waals surface area contributed by atoms with Crippen molar-refractivity contribution in [3.63, 3.8) is 0 Å². The number of nitrogens with two attached hydrogens (primary N) is 1. The highest BCUT2D eigenvalue weighted by molar-refractivity contribution is 6.07. The van der Waals surface area contributed by atoms with Gasteiger partial charge in [0.2, 0.25) is 5.91 Å². The summed E-state index contributed by atoms with van der Waals surface area (Å²) in [5, 5.41) is 14.2. The minimum Gasteiger partial charge on any atom is -0.508 e. The zero-order valence-corrected chi connectivity index (χ0v) is 27.0. The van der Waals surface area contributed by atoms with Crippen molar-refractivity contribution in [1.29, 1.82) is 0 Å². The topological polar surface area (TPSA) is 115 Å². The second-order valence-corrected chi connectivity index (χ2v) is 13.1. The lowest BCUT2D eigenvalue weighted by Crippen LogP contribution is -2.47. The van der Waals surface area contributed by atoms with Crippen molar-refractivity contribution in [3.05, 3.63) is 58.9 Å². The highest BCUT2D eigenvalue weighted by Crippen LogP contribution is 2.35. The van der Waals surface area contributed by atoms with E-state index in [1.807, 2.05) is 39.8 Å². The molecule has 2 heterocycles. The molecule has 4 rings (SSSR count). The van der Waals surface area contributed by atoms with Crippen LogP contribution in [0.1, 0.15) is 96.2 Å². The van der Waals surface area contributed by atoms with Crippen molar-refractivity contribution in [2.45, 2.75) is 104 Å². The molecule has 0 aliphatic rings. The van der Waals surface area contributed by atoms with Gasteiger partial charge in [0.05, 0.1) is 23.2 Å². The summed E-state index contributed by atoms with van der Waals surface area (Å²) >= 11 is 0. The average Bonchev–Trinajstić information content (AvgIpc) is 3.30. The maximum atomic E-state index is 12.1. The molecule has 43 heavy (non-hydrogen) atoms.